The van der Waals surface area contributed by atoms with Crippen LogP contribution in [0, 0.1) is 0 Å². The second-order valence-electron chi connectivity index (χ2n) is 10.1. The lowest BCUT2D eigenvalue weighted by Gasteiger charge is -2.27. The van der Waals surface area contributed by atoms with E-state index in [9.17, 15) is 18.0 Å². The third-order valence-corrected chi connectivity index (χ3v) is 8.63. The predicted molar refractivity (Wildman–Crippen MR) is 144 cm³/mol. The zero-order valence-electron chi connectivity index (χ0n) is 21.2. The van der Waals surface area contributed by atoms with Crippen LogP contribution in [0.4, 0.5) is 0 Å². The van der Waals surface area contributed by atoms with Gasteiger partial charge in [-0.15, -0.1) is 11.3 Å². The molecule has 0 fully saturated rings. The quantitative estimate of drug-likeness (QED) is 0.476. The maximum Gasteiger partial charge on any atom is 0.250 e. The van der Waals surface area contributed by atoms with Gasteiger partial charge >= 0.3 is 0 Å². The minimum atomic E-state index is -3.29. The summed E-state index contributed by atoms with van der Waals surface area (Å²) in [5.41, 5.74) is 4.18. The molecule has 1 atom stereocenters. The van der Waals surface area contributed by atoms with Gasteiger partial charge in [0.15, 0.2) is 0 Å². The lowest BCUT2D eigenvalue weighted by molar-refractivity contribution is -0.129. The molecule has 1 unspecified atom stereocenters. The molecular weight excluding hydrogens is 496 g/mol. The lowest BCUT2D eigenvalue weighted by atomic mass is 9.80. The summed E-state index contributed by atoms with van der Waals surface area (Å²) in [4.78, 5) is 24.3. The number of amides is 2. The smallest absolute Gasteiger partial charge is 0.250 e. The fourth-order valence-corrected chi connectivity index (χ4v) is 5.69. The number of fused-ring (bicyclic) bond motifs is 1. The van der Waals surface area contributed by atoms with Crippen LogP contribution >= 0.6 is 11.3 Å². The maximum absolute atomic E-state index is 12.6. The summed E-state index contributed by atoms with van der Waals surface area (Å²) in [6, 6.07) is 9.99. The van der Waals surface area contributed by atoms with Crippen LogP contribution in [0.2, 0.25) is 0 Å². The fourth-order valence-electron chi connectivity index (χ4n) is 4.33. The van der Waals surface area contributed by atoms with Crippen molar-refractivity contribution in [2.75, 3.05) is 20.4 Å². The van der Waals surface area contributed by atoms with Gasteiger partial charge in [0, 0.05) is 35.5 Å². The van der Waals surface area contributed by atoms with Crippen molar-refractivity contribution in [2.24, 2.45) is 0 Å². The Morgan fingerprint density at radius 1 is 1.14 bits per heavy atom. The number of imide groups is 1. The number of benzene rings is 2. The minimum absolute atomic E-state index is 0.267. The zero-order valence-corrected chi connectivity index (χ0v) is 22.8. The largest absolute Gasteiger partial charge is 0.496 e. The first-order chi connectivity index (χ1) is 16.8. The standard InChI is InChI=1S/C27H30N2O5S2/c1-27(2,3)22-12-17(20-9-10-24(30)28-26(20)31)11-21(25(22)34-5)16-7-8-19-18(15-35-23(19)13-16)14-29(4)36(6,32)33/h7-13,15,20H,14H2,1-6H3,(H,28,30,31). The number of carbonyl (C=O) groups excluding carboxylic acids is 2. The summed E-state index contributed by atoms with van der Waals surface area (Å²) in [7, 11) is -0.0760. The van der Waals surface area contributed by atoms with Crippen molar-refractivity contribution in [3.8, 4) is 16.9 Å². The Kier molecular flexibility index (Phi) is 6.85. The number of thiophene rings is 1. The van der Waals surface area contributed by atoms with Gasteiger partial charge in [-0.3, -0.25) is 14.9 Å². The number of hydrogen-bond acceptors (Lipinski definition) is 6. The van der Waals surface area contributed by atoms with E-state index in [-0.39, 0.29) is 11.3 Å². The van der Waals surface area contributed by atoms with Crippen LogP contribution in [0.15, 0.2) is 47.9 Å². The molecule has 2 heterocycles. The molecule has 0 bridgehead atoms. The molecule has 7 nitrogen and oxygen atoms in total. The number of nitrogens with zero attached hydrogens (tertiary/aromatic N) is 1. The van der Waals surface area contributed by atoms with Crippen molar-refractivity contribution in [1.29, 1.82) is 0 Å². The highest BCUT2D eigenvalue weighted by atomic mass is 32.2. The summed E-state index contributed by atoms with van der Waals surface area (Å²) in [5, 5.41) is 5.37. The zero-order chi connectivity index (χ0) is 26.4. The SMILES string of the molecule is COc1c(-c2ccc3c(CN(C)S(C)(=O)=O)csc3c2)cc(C2C=CC(=O)NC2=O)cc1C(C)(C)C. The molecule has 0 saturated carbocycles. The summed E-state index contributed by atoms with van der Waals surface area (Å²) in [6.07, 6.45) is 4.22. The highest BCUT2D eigenvalue weighted by Crippen LogP contribution is 2.43. The number of nitrogens with one attached hydrogen (secondary N) is 1. The molecule has 36 heavy (non-hydrogen) atoms. The van der Waals surface area contributed by atoms with Gasteiger partial charge in [0.2, 0.25) is 21.8 Å². The van der Waals surface area contributed by atoms with Crippen molar-refractivity contribution in [1.82, 2.24) is 9.62 Å². The van der Waals surface area contributed by atoms with Crippen molar-refractivity contribution in [3.05, 3.63) is 64.6 Å². The van der Waals surface area contributed by atoms with E-state index >= 15 is 0 Å². The van der Waals surface area contributed by atoms with Crippen molar-refractivity contribution in [2.45, 2.75) is 38.6 Å². The Morgan fingerprint density at radius 2 is 1.86 bits per heavy atom. The van der Waals surface area contributed by atoms with Crippen molar-refractivity contribution >= 4 is 43.3 Å². The monoisotopic (exact) mass is 526 g/mol. The summed E-state index contributed by atoms with van der Waals surface area (Å²) < 4.78 is 32.0. The average Bonchev–Trinajstić information content (AvgIpc) is 3.19. The molecule has 0 aliphatic carbocycles. The summed E-state index contributed by atoms with van der Waals surface area (Å²) >= 11 is 1.56. The van der Waals surface area contributed by atoms with E-state index in [4.69, 9.17) is 4.74 Å². The van der Waals surface area contributed by atoms with Crippen LogP contribution in [0.25, 0.3) is 21.2 Å². The lowest BCUT2D eigenvalue weighted by Crippen LogP contribution is -2.36. The Bertz CT molecular complexity index is 1500. The molecule has 2 amide bonds. The second kappa shape index (κ2) is 9.46. The first kappa shape index (κ1) is 26.1. The van der Waals surface area contributed by atoms with E-state index in [1.807, 2.05) is 29.6 Å². The number of methoxy groups -OCH3 is 1. The van der Waals surface area contributed by atoms with Crippen molar-refractivity contribution in [3.63, 3.8) is 0 Å². The molecule has 0 spiro atoms. The molecule has 9 heteroatoms. The molecule has 1 aromatic heterocycles. The first-order valence-corrected chi connectivity index (χ1v) is 14.2. The number of carbonyl (C=O) groups is 2. The molecule has 2 aromatic carbocycles. The number of ether oxygens (including phenoxy) is 1. The Hall–Kier alpha value is -3.01. The molecule has 1 N–H and O–H groups in total. The van der Waals surface area contributed by atoms with Gasteiger partial charge in [-0.1, -0.05) is 45.0 Å². The van der Waals surface area contributed by atoms with Crippen LogP contribution in [0.5, 0.6) is 5.75 Å². The van der Waals surface area contributed by atoms with E-state index in [0.717, 1.165) is 43.7 Å². The van der Waals surface area contributed by atoms with Crippen molar-refractivity contribution < 1.29 is 22.7 Å². The highest BCUT2D eigenvalue weighted by Gasteiger charge is 2.29. The van der Waals surface area contributed by atoms with Crippen LogP contribution in [-0.2, 0) is 31.6 Å². The third-order valence-electron chi connectivity index (χ3n) is 6.38. The molecule has 3 aromatic rings. The molecule has 0 radical (unpaired) electrons. The van der Waals surface area contributed by atoms with E-state index in [2.05, 4.69) is 32.2 Å². The van der Waals surface area contributed by atoms with E-state index < -0.39 is 21.8 Å². The van der Waals surface area contributed by atoms with E-state index in [1.165, 1.54) is 16.6 Å². The van der Waals surface area contributed by atoms with Gasteiger partial charge < -0.3 is 4.74 Å². The molecule has 190 valence electrons. The Labute approximate surface area is 215 Å². The summed E-state index contributed by atoms with van der Waals surface area (Å²) in [5.74, 6) is -0.624. The Balaban J connectivity index is 1.86. The van der Waals surface area contributed by atoms with E-state index in [1.54, 1.807) is 31.6 Å². The number of hydrogen-bond donors (Lipinski definition) is 1. The van der Waals surface area contributed by atoms with Gasteiger partial charge in [-0.25, -0.2) is 12.7 Å². The minimum Gasteiger partial charge on any atom is -0.496 e. The highest BCUT2D eigenvalue weighted by molar-refractivity contribution is 7.88. The second-order valence-corrected chi connectivity index (χ2v) is 13.1. The molecule has 1 aliphatic heterocycles. The Morgan fingerprint density at radius 3 is 2.47 bits per heavy atom. The van der Waals surface area contributed by atoms with Crippen LogP contribution < -0.4 is 10.1 Å². The van der Waals surface area contributed by atoms with Gasteiger partial charge in [-0.2, -0.15) is 0 Å². The third kappa shape index (κ3) is 5.09. The molecule has 1 aliphatic rings. The maximum atomic E-state index is 12.6. The fraction of sp³-hybridized carbons (Fsp3) is 0.333. The van der Waals surface area contributed by atoms with E-state index in [0.29, 0.717) is 6.54 Å². The van der Waals surface area contributed by atoms with Gasteiger partial charge in [0.25, 0.3) is 0 Å². The predicted octanol–water partition coefficient (Wildman–Crippen LogP) is 4.56. The summed E-state index contributed by atoms with van der Waals surface area (Å²) in [6.45, 7) is 6.57. The van der Waals surface area contributed by atoms with Gasteiger partial charge in [0.1, 0.15) is 5.75 Å². The molecule has 4 rings (SSSR count). The normalized spacial score (nSPS) is 16.6. The first-order valence-electron chi connectivity index (χ1n) is 11.5. The van der Waals surface area contributed by atoms with Crippen LogP contribution in [0.3, 0.4) is 0 Å². The molecule has 0 saturated heterocycles. The van der Waals surface area contributed by atoms with Crippen LogP contribution in [-0.4, -0.2) is 45.0 Å². The number of sulfonamides is 1. The van der Waals surface area contributed by atoms with Gasteiger partial charge in [0.05, 0.1) is 19.3 Å². The number of rotatable bonds is 6. The average molecular weight is 527 g/mol. The van der Waals surface area contributed by atoms with Gasteiger partial charge in [-0.05, 0) is 45.0 Å². The topological polar surface area (TPSA) is 92.8 Å². The molecular formula is C27H30N2O5S2. The van der Waals surface area contributed by atoms with Crippen LogP contribution in [0.1, 0.15) is 43.4 Å².